The summed E-state index contributed by atoms with van der Waals surface area (Å²) < 4.78 is 11.3. The molecule has 0 bridgehead atoms. The van der Waals surface area contributed by atoms with E-state index in [0.717, 1.165) is 37.3 Å². The highest BCUT2D eigenvalue weighted by atomic mass is 16.5. The molecule has 2 aromatic carbocycles. The van der Waals surface area contributed by atoms with Gasteiger partial charge in [0.05, 0.1) is 12.6 Å². The van der Waals surface area contributed by atoms with E-state index in [0.29, 0.717) is 24.4 Å². The molecule has 0 saturated carbocycles. The summed E-state index contributed by atoms with van der Waals surface area (Å²) in [5.41, 5.74) is 2.07. The Hall–Kier alpha value is -3.06. The van der Waals surface area contributed by atoms with Gasteiger partial charge < -0.3 is 25.4 Å². The van der Waals surface area contributed by atoms with Gasteiger partial charge in [0.1, 0.15) is 12.4 Å². The Morgan fingerprint density at radius 2 is 1.80 bits per heavy atom. The van der Waals surface area contributed by atoms with Gasteiger partial charge in [0.25, 0.3) is 5.91 Å². The van der Waals surface area contributed by atoms with Gasteiger partial charge in [-0.25, -0.2) is 0 Å². The van der Waals surface area contributed by atoms with Crippen molar-refractivity contribution in [1.82, 2.24) is 5.32 Å². The summed E-state index contributed by atoms with van der Waals surface area (Å²) in [6.07, 6.45) is 3.20. The zero-order valence-corrected chi connectivity index (χ0v) is 17.3. The van der Waals surface area contributed by atoms with Crippen LogP contribution < -0.4 is 20.7 Å². The third-order valence-electron chi connectivity index (χ3n) is 4.73. The second-order valence-electron chi connectivity index (χ2n) is 7.21. The van der Waals surface area contributed by atoms with E-state index >= 15 is 0 Å². The summed E-state index contributed by atoms with van der Waals surface area (Å²) in [4.78, 5) is 24.1. The minimum absolute atomic E-state index is 0.0932. The molecular weight excluding hydrogens is 382 g/mol. The van der Waals surface area contributed by atoms with E-state index in [1.165, 1.54) is 0 Å². The van der Waals surface area contributed by atoms with Crippen LogP contribution in [0.25, 0.3) is 0 Å². The molecule has 0 aromatic heterocycles. The highest BCUT2D eigenvalue weighted by Crippen LogP contribution is 2.18. The van der Waals surface area contributed by atoms with Gasteiger partial charge in [-0.05, 0) is 67.8 Å². The zero-order chi connectivity index (χ0) is 21.2. The number of carbonyl (C=O) groups is 2. The lowest BCUT2D eigenvalue weighted by Crippen LogP contribution is -2.24. The smallest absolute Gasteiger partial charge is 0.251 e. The van der Waals surface area contributed by atoms with E-state index in [9.17, 15) is 9.59 Å². The molecule has 3 rings (SSSR count). The molecular formula is C23H29N3O4. The summed E-state index contributed by atoms with van der Waals surface area (Å²) in [7, 11) is 0. The first-order valence-electron chi connectivity index (χ1n) is 10.4. The van der Waals surface area contributed by atoms with Crippen molar-refractivity contribution >= 4 is 23.2 Å². The molecule has 0 aliphatic carbocycles. The van der Waals surface area contributed by atoms with E-state index in [4.69, 9.17) is 9.47 Å². The Kier molecular flexibility index (Phi) is 8.09. The molecule has 1 heterocycles. The molecule has 1 aliphatic rings. The van der Waals surface area contributed by atoms with Crippen LogP contribution in [0.3, 0.4) is 0 Å². The maximum absolute atomic E-state index is 12.2. The fourth-order valence-corrected chi connectivity index (χ4v) is 3.07. The van der Waals surface area contributed by atoms with Gasteiger partial charge in [0.2, 0.25) is 5.91 Å². The highest BCUT2D eigenvalue weighted by Gasteiger charge is 2.15. The number of hydrogen-bond acceptors (Lipinski definition) is 5. The molecule has 1 atom stereocenters. The second kappa shape index (κ2) is 11.2. The van der Waals surface area contributed by atoms with Crippen LogP contribution in [-0.4, -0.2) is 44.2 Å². The van der Waals surface area contributed by atoms with E-state index < -0.39 is 0 Å². The van der Waals surface area contributed by atoms with Crippen LogP contribution in [0.5, 0.6) is 5.75 Å². The minimum atomic E-state index is -0.159. The highest BCUT2D eigenvalue weighted by molar-refractivity contribution is 5.95. The number of nitrogens with one attached hydrogen (secondary N) is 3. The summed E-state index contributed by atoms with van der Waals surface area (Å²) in [5.74, 6) is 0.502. The Morgan fingerprint density at radius 1 is 1.07 bits per heavy atom. The van der Waals surface area contributed by atoms with Crippen molar-refractivity contribution < 1.29 is 19.1 Å². The maximum atomic E-state index is 12.2. The number of amides is 2. The third-order valence-corrected chi connectivity index (χ3v) is 4.73. The Bertz CT molecular complexity index is 815. The van der Waals surface area contributed by atoms with Crippen molar-refractivity contribution in [2.75, 3.05) is 36.9 Å². The lowest BCUT2D eigenvalue weighted by Gasteiger charge is -2.12. The quantitative estimate of drug-likeness (QED) is 0.557. The average molecular weight is 412 g/mol. The number of carbonyl (C=O) groups excluding carboxylic acids is 2. The molecule has 7 heteroatoms. The standard InChI is InChI=1S/C23H29N3O4/c1-2-13-24-23(28)17-5-7-18(8-6-17)25-15-22(27)26-19-9-11-20(12-10-19)30-16-21-4-3-14-29-21/h5-12,21,25H,2-4,13-16H2,1H3,(H,24,28)(H,26,27). The Labute approximate surface area is 177 Å². The minimum Gasteiger partial charge on any atom is -0.491 e. The number of ether oxygens (including phenoxy) is 2. The van der Waals surface area contributed by atoms with Gasteiger partial charge in [-0.15, -0.1) is 0 Å². The summed E-state index contributed by atoms with van der Waals surface area (Å²) in [6, 6.07) is 14.3. The molecule has 30 heavy (non-hydrogen) atoms. The van der Waals surface area contributed by atoms with Gasteiger partial charge in [0, 0.05) is 30.1 Å². The van der Waals surface area contributed by atoms with Gasteiger partial charge in [-0.2, -0.15) is 0 Å². The average Bonchev–Trinajstić information content (AvgIpc) is 3.30. The number of rotatable bonds is 10. The number of benzene rings is 2. The van der Waals surface area contributed by atoms with Gasteiger partial charge in [-0.3, -0.25) is 9.59 Å². The zero-order valence-electron chi connectivity index (χ0n) is 17.3. The van der Waals surface area contributed by atoms with Crippen molar-refractivity contribution in [3.8, 4) is 5.75 Å². The van der Waals surface area contributed by atoms with Crippen LogP contribution in [0.2, 0.25) is 0 Å². The van der Waals surface area contributed by atoms with Crippen LogP contribution in [0, 0.1) is 0 Å². The van der Waals surface area contributed by atoms with Gasteiger partial charge >= 0.3 is 0 Å². The largest absolute Gasteiger partial charge is 0.491 e. The first-order valence-corrected chi connectivity index (χ1v) is 10.4. The van der Waals surface area contributed by atoms with Gasteiger partial charge in [-0.1, -0.05) is 6.92 Å². The fraction of sp³-hybridized carbons (Fsp3) is 0.391. The van der Waals surface area contributed by atoms with Gasteiger partial charge in [0.15, 0.2) is 0 Å². The number of anilines is 2. The van der Waals surface area contributed by atoms with E-state index in [1.807, 2.05) is 31.2 Å². The molecule has 160 valence electrons. The number of hydrogen-bond donors (Lipinski definition) is 3. The monoisotopic (exact) mass is 411 g/mol. The lowest BCUT2D eigenvalue weighted by atomic mass is 10.2. The molecule has 1 fully saturated rings. The first-order chi connectivity index (χ1) is 14.6. The SMILES string of the molecule is CCCNC(=O)c1ccc(NCC(=O)Nc2ccc(OCC3CCCO3)cc2)cc1. The predicted octanol–water partition coefficient (Wildman–Crippen LogP) is 3.43. The van der Waals surface area contributed by atoms with Crippen molar-refractivity contribution in [3.05, 3.63) is 54.1 Å². The summed E-state index contributed by atoms with van der Waals surface area (Å²) in [6.45, 7) is 4.15. The Balaban J connectivity index is 1.40. The second-order valence-corrected chi connectivity index (χ2v) is 7.21. The van der Waals surface area contributed by atoms with Crippen molar-refractivity contribution in [3.63, 3.8) is 0 Å². The first kappa shape index (κ1) is 21.6. The molecule has 0 spiro atoms. The summed E-state index contributed by atoms with van der Waals surface area (Å²) in [5, 5.41) is 8.73. The third kappa shape index (κ3) is 6.77. The summed E-state index contributed by atoms with van der Waals surface area (Å²) >= 11 is 0. The molecule has 2 amide bonds. The fourth-order valence-electron chi connectivity index (χ4n) is 3.07. The van der Waals surface area contributed by atoms with E-state index in [2.05, 4.69) is 16.0 Å². The molecule has 1 unspecified atom stereocenters. The van der Waals surface area contributed by atoms with Crippen LogP contribution in [0.4, 0.5) is 11.4 Å². The molecule has 7 nitrogen and oxygen atoms in total. The van der Waals surface area contributed by atoms with Crippen LogP contribution in [-0.2, 0) is 9.53 Å². The molecule has 1 saturated heterocycles. The molecule has 1 aliphatic heterocycles. The van der Waals surface area contributed by atoms with Crippen LogP contribution in [0.15, 0.2) is 48.5 Å². The van der Waals surface area contributed by atoms with Crippen molar-refractivity contribution in [2.45, 2.75) is 32.3 Å². The van der Waals surface area contributed by atoms with E-state index in [1.54, 1.807) is 24.3 Å². The molecule has 2 aromatic rings. The predicted molar refractivity (Wildman–Crippen MR) is 117 cm³/mol. The molecule has 0 radical (unpaired) electrons. The molecule has 3 N–H and O–H groups in total. The van der Waals surface area contributed by atoms with Crippen molar-refractivity contribution in [2.24, 2.45) is 0 Å². The van der Waals surface area contributed by atoms with Crippen molar-refractivity contribution in [1.29, 1.82) is 0 Å². The topological polar surface area (TPSA) is 88.7 Å². The lowest BCUT2D eigenvalue weighted by molar-refractivity contribution is -0.114. The normalized spacial score (nSPS) is 15.4. The Morgan fingerprint density at radius 3 is 2.47 bits per heavy atom. The van der Waals surface area contributed by atoms with Crippen LogP contribution in [0.1, 0.15) is 36.5 Å². The maximum Gasteiger partial charge on any atom is 0.251 e. The van der Waals surface area contributed by atoms with Crippen LogP contribution >= 0.6 is 0 Å². The van der Waals surface area contributed by atoms with E-state index in [-0.39, 0.29) is 24.5 Å².